The van der Waals surface area contributed by atoms with Gasteiger partial charge < -0.3 is 10.1 Å². The van der Waals surface area contributed by atoms with E-state index in [2.05, 4.69) is 10.2 Å². The Kier molecular flexibility index (Phi) is 4.93. The molecule has 1 N–H and O–H groups in total. The van der Waals surface area contributed by atoms with Crippen LogP contribution in [0.1, 0.15) is 25.1 Å². The highest BCUT2D eigenvalue weighted by molar-refractivity contribution is 5.97. The molecular formula is C13H14N3O3-. The number of aromatic nitrogens is 2. The molecule has 0 aliphatic heterocycles. The first-order valence-corrected chi connectivity index (χ1v) is 5.58. The lowest BCUT2D eigenvalue weighted by molar-refractivity contribution is -0.113. The lowest BCUT2D eigenvalue weighted by Crippen LogP contribution is -1.90. The van der Waals surface area contributed by atoms with Gasteiger partial charge in [0.2, 0.25) is 0 Å². The number of aromatic amines is 1. The molecule has 0 radical (unpaired) electrons. The van der Waals surface area contributed by atoms with Gasteiger partial charge in [-0.15, -0.1) is 5.34 Å². The van der Waals surface area contributed by atoms with E-state index in [0.29, 0.717) is 0 Å². The quantitative estimate of drug-likeness (QED) is 0.509. The summed E-state index contributed by atoms with van der Waals surface area (Å²) in [4.78, 5) is 19.1. The maximum atomic E-state index is 11.1. The Morgan fingerprint density at radius 1 is 1.42 bits per heavy atom. The number of hydrogen-bond acceptors (Lipinski definition) is 5. The van der Waals surface area contributed by atoms with Gasteiger partial charge in [0.1, 0.15) is 0 Å². The smallest absolute Gasteiger partial charge is 0.155 e. The van der Waals surface area contributed by atoms with E-state index in [0.717, 1.165) is 33.1 Å². The van der Waals surface area contributed by atoms with Gasteiger partial charge in [0.05, 0.1) is 5.52 Å². The van der Waals surface area contributed by atoms with Crippen molar-refractivity contribution in [2.24, 2.45) is 5.34 Å². The molecule has 0 spiro atoms. The average Bonchev–Trinajstić information content (AvgIpc) is 2.72. The lowest BCUT2D eigenvalue weighted by Gasteiger charge is -1.97. The van der Waals surface area contributed by atoms with Crippen molar-refractivity contribution >= 4 is 22.8 Å². The van der Waals surface area contributed by atoms with Gasteiger partial charge in [-0.05, 0) is 50.1 Å². The van der Waals surface area contributed by atoms with Crippen LogP contribution in [0.3, 0.4) is 0 Å². The molecule has 19 heavy (non-hydrogen) atoms. The zero-order chi connectivity index (χ0) is 14.4. The van der Waals surface area contributed by atoms with E-state index in [1.165, 1.54) is 0 Å². The second kappa shape index (κ2) is 6.44. The largest absolute Gasteiger partial charge is 0.444 e. The minimum absolute atomic E-state index is 0.101. The fourth-order valence-electron chi connectivity index (χ4n) is 1.60. The summed E-state index contributed by atoms with van der Waals surface area (Å²) in [6.07, 6.45) is 1.90. The van der Waals surface area contributed by atoms with Gasteiger partial charge in [0, 0.05) is 11.1 Å². The number of carbonyl (C=O) groups is 1. The van der Waals surface area contributed by atoms with Gasteiger partial charge >= 0.3 is 0 Å². The third kappa shape index (κ3) is 3.74. The van der Waals surface area contributed by atoms with E-state index in [4.69, 9.17) is 10.1 Å². The Bertz CT molecular complexity index is 629. The Morgan fingerprint density at radius 3 is 2.63 bits per heavy atom. The van der Waals surface area contributed by atoms with Gasteiger partial charge in [-0.2, -0.15) is 5.10 Å². The minimum Gasteiger partial charge on any atom is -0.444 e. The molecule has 0 unspecified atom stereocenters. The van der Waals surface area contributed by atoms with E-state index >= 15 is 0 Å². The number of ketones is 1. The molecule has 2 rings (SSSR count). The van der Waals surface area contributed by atoms with Crippen LogP contribution < -0.4 is 0 Å². The molecule has 6 heteroatoms. The van der Waals surface area contributed by atoms with Crippen LogP contribution in [0.5, 0.6) is 0 Å². The van der Waals surface area contributed by atoms with Crippen molar-refractivity contribution < 1.29 is 4.79 Å². The zero-order valence-electron chi connectivity index (χ0n) is 10.9. The van der Waals surface area contributed by atoms with Crippen molar-refractivity contribution in [3.8, 4) is 0 Å². The van der Waals surface area contributed by atoms with Crippen LogP contribution in [0.25, 0.3) is 17.0 Å². The number of allylic oxidation sites excluding steroid dienone is 1. The highest BCUT2D eigenvalue weighted by atomic mass is 16.6. The first-order chi connectivity index (χ1) is 8.99. The number of aryl methyl sites for hydroxylation is 1. The van der Waals surface area contributed by atoms with E-state index < -0.39 is 0 Å². The molecule has 0 fully saturated rings. The van der Waals surface area contributed by atoms with E-state index in [1.54, 1.807) is 6.92 Å². The highest BCUT2D eigenvalue weighted by Gasteiger charge is 2.02. The minimum atomic E-state index is 0.101. The number of benzene rings is 1. The van der Waals surface area contributed by atoms with Crippen LogP contribution in [0.4, 0.5) is 0 Å². The summed E-state index contributed by atoms with van der Waals surface area (Å²) in [5.74, 6) is 0.101. The van der Waals surface area contributed by atoms with E-state index in [1.807, 2.05) is 38.1 Å². The van der Waals surface area contributed by atoms with Crippen molar-refractivity contribution in [3.63, 3.8) is 0 Å². The van der Waals surface area contributed by atoms with Crippen molar-refractivity contribution in [1.29, 1.82) is 0 Å². The standard InChI is InChI=1S/C13H14N2O.HNO2/c1-8(10(3)16)6-11-4-5-13-12(7-11)9(2)14-15-13;2-1-3/h4-7H,1-3H3,(H,14,15);(H,2,3)/p-1/b8-6+;. The monoisotopic (exact) mass is 260 g/mol. The SMILES string of the molecule is CC(=O)/C(C)=C/c1ccc2n[nH]c(C)c2c1.O=N[O-]. The molecule has 0 atom stereocenters. The predicted molar refractivity (Wildman–Crippen MR) is 74.3 cm³/mol. The first kappa shape index (κ1) is 14.6. The Hall–Kier alpha value is -2.50. The number of nitrogens with one attached hydrogen (secondary N) is 1. The Morgan fingerprint density at radius 2 is 2.05 bits per heavy atom. The maximum Gasteiger partial charge on any atom is 0.155 e. The summed E-state index contributed by atoms with van der Waals surface area (Å²) in [5, 5.41) is 17.2. The summed E-state index contributed by atoms with van der Waals surface area (Å²) >= 11 is 0. The van der Waals surface area contributed by atoms with Crippen molar-refractivity contribution in [1.82, 2.24) is 10.2 Å². The van der Waals surface area contributed by atoms with Gasteiger partial charge in [-0.1, -0.05) is 6.07 Å². The molecule has 100 valence electrons. The normalized spacial score (nSPS) is 10.8. The summed E-state index contributed by atoms with van der Waals surface area (Å²) in [6, 6.07) is 5.97. The molecule has 2 aromatic rings. The maximum absolute atomic E-state index is 11.1. The number of hydrogen-bond donors (Lipinski definition) is 1. The van der Waals surface area contributed by atoms with Crippen molar-refractivity contribution in [2.75, 3.05) is 0 Å². The van der Waals surface area contributed by atoms with Crippen molar-refractivity contribution in [2.45, 2.75) is 20.8 Å². The molecule has 0 aliphatic carbocycles. The number of H-pyrrole nitrogens is 1. The topological polar surface area (TPSA) is 98.2 Å². The molecule has 1 aromatic carbocycles. The fraction of sp³-hybridized carbons (Fsp3) is 0.231. The van der Waals surface area contributed by atoms with Gasteiger partial charge in [-0.3, -0.25) is 9.89 Å². The third-order valence-corrected chi connectivity index (χ3v) is 2.71. The second-order valence-electron chi connectivity index (χ2n) is 4.08. The summed E-state index contributed by atoms with van der Waals surface area (Å²) < 4.78 is 0. The van der Waals surface area contributed by atoms with Crippen LogP contribution in [0, 0.1) is 17.0 Å². The first-order valence-electron chi connectivity index (χ1n) is 5.58. The van der Waals surface area contributed by atoms with Crippen LogP contribution in [0.2, 0.25) is 0 Å². The molecule has 0 saturated heterocycles. The zero-order valence-corrected chi connectivity index (χ0v) is 10.9. The molecule has 1 heterocycles. The fourth-order valence-corrected chi connectivity index (χ4v) is 1.60. The number of rotatable bonds is 2. The summed E-state index contributed by atoms with van der Waals surface area (Å²) in [7, 11) is 0. The van der Waals surface area contributed by atoms with Gasteiger partial charge in [-0.25, -0.2) is 0 Å². The molecule has 0 bridgehead atoms. The van der Waals surface area contributed by atoms with Crippen LogP contribution >= 0.6 is 0 Å². The van der Waals surface area contributed by atoms with Crippen LogP contribution in [-0.4, -0.2) is 16.0 Å². The molecule has 6 nitrogen and oxygen atoms in total. The highest BCUT2D eigenvalue weighted by Crippen LogP contribution is 2.18. The number of fused-ring (bicyclic) bond motifs is 1. The Balaban J connectivity index is 0.000000550. The molecule has 0 aliphatic rings. The average molecular weight is 260 g/mol. The Labute approximate surface area is 110 Å². The summed E-state index contributed by atoms with van der Waals surface area (Å²) in [5.41, 5.74) is 3.80. The molecule has 0 amide bonds. The molecule has 1 aromatic heterocycles. The van der Waals surface area contributed by atoms with E-state index in [-0.39, 0.29) is 5.78 Å². The third-order valence-electron chi connectivity index (χ3n) is 2.71. The van der Waals surface area contributed by atoms with Gasteiger partial charge in [0.15, 0.2) is 5.78 Å². The van der Waals surface area contributed by atoms with Crippen LogP contribution in [0.15, 0.2) is 29.1 Å². The molecule has 0 saturated carbocycles. The van der Waals surface area contributed by atoms with Gasteiger partial charge in [0.25, 0.3) is 0 Å². The molecular weight excluding hydrogens is 246 g/mol. The van der Waals surface area contributed by atoms with Crippen molar-refractivity contribution in [3.05, 3.63) is 45.1 Å². The number of Topliss-reactive ketones (excluding diaryl/α,β-unsaturated/α-hetero) is 1. The number of carbonyl (C=O) groups excluding carboxylic acids is 1. The van der Waals surface area contributed by atoms with E-state index in [9.17, 15) is 4.79 Å². The number of nitrogens with zero attached hydrogens (tertiary/aromatic N) is 2. The second-order valence-corrected chi connectivity index (χ2v) is 4.08. The van der Waals surface area contributed by atoms with Crippen LogP contribution in [-0.2, 0) is 4.79 Å². The summed E-state index contributed by atoms with van der Waals surface area (Å²) in [6.45, 7) is 5.39. The lowest BCUT2D eigenvalue weighted by atomic mass is 10.1. The predicted octanol–water partition coefficient (Wildman–Crippen LogP) is 3.11.